The lowest BCUT2D eigenvalue weighted by Crippen LogP contribution is -2.19. The van der Waals surface area contributed by atoms with Crippen LogP contribution < -0.4 is 0 Å². The molecular weight excluding hydrogens is 196 g/mol. The molecule has 0 heterocycles. The van der Waals surface area contributed by atoms with Crippen LogP contribution in [0.4, 0.5) is 0 Å². The quantitative estimate of drug-likeness (QED) is 0.473. The zero-order valence-electron chi connectivity index (χ0n) is 8.90. The van der Waals surface area contributed by atoms with Crippen molar-refractivity contribution in [2.24, 2.45) is 5.92 Å². The van der Waals surface area contributed by atoms with E-state index in [0.29, 0.717) is 0 Å². The van der Waals surface area contributed by atoms with Gasteiger partial charge in [-0.15, -0.1) is 0 Å². The molecule has 0 amide bonds. The summed E-state index contributed by atoms with van der Waals surface area (Å²) < 4.78 is 9.67. The summed E-state index contributed by atoms with van der Waals surface area (Å²) in [5.74, 6) is -0.926. The second kappa shape index (κ2) is 7.79. The van der Waals surface area contributed by atoms with E-state index >= 15 is 0 Å². The van der Waals surface area contributed by atoms with Crippen molar-refractivity contribution in [1.82, 2.24) is 0 Å². The maximum atomic E-state index is 10.8. The lowest BCUT2D eigenvalue weighted by molar-refractivity contribution is -0.142. The highest BCUT2D eigenvalue weighted by Gasteiger charge is 2.10. The van der Waals surface area contributed by atoms with Crippen molar-refractivity contribution in [3.8, 4) is 0 Å². The second-order valence-corrected chi connectivity index (χ2v) is 2.94. The molecule has 0 aromatic carbocycles. The van der Waals surface area contributed by atoms with Gasteiger partial charge in [0.05, 0.1) is 13.2 Å². The van der Waals surface area contributed by atoms with Gasteiger partial charge in [0.15, 0.2) is 0 Å². The molecule has 0 aliphatic heterocycles. The highest BCUT2D eigenvalue weighted by atomic mass is 16.5. The fraction of sp³-hybridized carbons (Fsp3) is 0.455. The Bertz CT molecular complexity index is 221. The molecule has 0 saturated carbocycles. The molecule has 0 spiro atoms. The number of carbonyl (C=O) groups excluding carboxylic acids is 2. The SMILES string of the molecule is C=CC(=O)OCC(CC)COC(=O)C=C. The maximum absolute atomic E-state index is 10.8. The zero-order chi connectivity index (χ0) is 11.7. The molecule has 0 atom stereocenters. The number of hydrogen-bond donors (Lipinski definition) is 0. The Kier molecular flexibility index (Phi) is 6.97. The van der Waals surface area contributed by atoms with Crippen molar-refractivity contribution in [2.75, 3.05) is 13.2 Å². The molecule has 0 aliphatic carbocycles. The molecular formula is C11H16O4. The van der Waals surface area contributed by atoms with Crippen LogP contribution in [0, 0.1) is 5.92 Å². The molecule has 0 aromatic heterocycles. The molecule has 0 bridgehead atoms. The third-order valence-electron chi connectivity index (χ3n) is 1.83. The summed E-state index contributed by atoms with van der Waals surface area (Å²) in [6, 6.07) is 0. The van der Waals surface area contributed by atoms with Crippen molar-refractivity contribution in [2.45, 2.75) is 13.3 Å². The van der Waals surface area contributed by atoms with Crippen LogP contribution in [0.15, 0.2) is 25.3 Å². The van der Waals surface area contributed by atoms with E-state index < -0.39 is 11.9 Å². The molecule has 15 heavy (non-hydrogen) atoms. The summed E-state index contributed by atoms with van der Waals surface area (Å²) in [4.78, 5) is 21.5. The van der Waals surface area contributed by atoms with Gasteiger partial charge in [-0.3, -0.25) is 0 Å². The van der Waals surface area contributed by atoms with Crippen LogP contribution >= 0.6 is 0 Å². The van der Waals surface area contributed by atoms with Crippen LogP contribution in [-0.2, 0) is 19.1 Å². The lowest BCUT2D eigenvalue weighted by atomic mass is 10.1. The van der Waals surface area contributed by atoms with E-state index in [0.717, 1.165) is 18.6 Å². The topological polar surface area (TPSA) is 52.6 Å². The van der Waals surface area contributed by atoms with Crippen LogP contribution in [-0.4, -0.2) is 25.2 Å². The van der Waals surface area contributed by atoms with E-state index in [9.17, 15) is 9.59 Å². The summed E-state index contributed by atoms with van der Waals surface area (Å²) in [7, 11) is 0. The predicted octanol–water partition coefficient (Wildman–Crippen LogP) is 1.47. The van der Waals surface area contributed by atoms with E-state index in [4.69, 9.17) is 9.47 Å². The lowest BCUT2D eigenvalue weighted by Gasteiger charge is -2.13. The smallest absolute Gasteiger partial charge is 0.330 e. The minimum atomic E-state index is -0.469. The van der Waals surface area contributed by atoms with Crippen molar-refractivity contribution >= 4 is 11.9 Å². The molecule has 0 N–H and O–H groups in total. The molecule has 4 nitrogen and oxygen atoms in total. The van der Waals surface area contributed by atoms with Crippen molar-refractivity contribution in [3.05, 3.63) is 25.3 Å². The van der Waals surface area contributed by atoms with Crippen LogP contribution in [0.25, 0.3) is 0 Å². The minimum Gasteiger partial charge on any atom is -0.462 e. The van der Waals surface area contributed by atoms with Gasteiger partial charge in [-0.05, 0) is 6.42 Å². The molecule has 0 rings (SSSR count). The Morgan fingerprint density at radius 2 is 1.53 bits per heavy atom. The van der Waals surface area contributed by atoms with Gasteiger partial charge < -0.3 is 9.47 Å². The van der Waals surface area contributed by atoms with Gasteiger partial charge in [-0.2, -0.15) is 0 Å². The van der Waals surface area contributed by atoms with Gasteiger partial charge >= 0.3 is 11.9 Å². The van der Waals surface area contributed by atoms with E-state index in [2.05, 4.69) is 13.2 Å². The first-order chi connectivity index (χ1) is 7.13. The first-order valence-electron chi connectivity index (χ1n) is 4.72. The highest BCUT2D eigenvalue weighted by molar-refractivity contribution is 5.81. The normalized spacial score (nSPS) is 9.47. The Hall–Kier alpha value is -1.58. The second-order valence-electron chi connectivity index (χ2n) is 2.94. The summed E-state index contributed by atoms with van der Waals surface area (Å²) in [5.41, 5.74) is 0. The summed E-state index contributed by atoms with van der Waals surface area (Å²) in [5, 5.41) is 0. The average molecular weight is 212 g/mol. The van der Waals surface area contributed by atoms with E-state index in [1.165, 1.54) is 0 Å². The molecule has 0 aromatic rings. The van der Waals surface area contributed by atoms with Crippen LogP contribution in [0.2, 0.25) is 0 Å². The molecule has 0 aliphatic rings. The van der Waals surface area contributed by atoms with Crippen molar-refractivity contribution in [3.63, 3.8) is 0 Å². The Morgan fingerprint density at radius 3 is 1.80 bits per heavy atom. The van der Waals surface area contributed by atoms with Crippen LogP contribution in [0.5, 0.6) is 0 Å². The Labute approximate surface area is 89.6 Å². The van der Waals surface area contributed by atoms with Crippen LogP contribution in [0.1, 0.15) is 13.3 Å². The van der Waals surface area contributed by atoms with E-state index in [1.54, 1.807) is 0 Å². The minimum absolute atomic E-state index is 0.0119. The van der Waals surface area contributed by atoms with Gasteiger partial charge in [0.1, 0.15) is 0 Å². The monoisotopic (exact) mass is 212 g/mol. The summed E-state index contributed by atoms with van der Waals surface area (Å²) >= 11 is 0. The third kappa shape index (κ3) is 6.49. The Morgan fingerprint density at radius 1 is 1.13 bits per heavy atom. The molecule has 0 radical (unpaired) electrons. The largest absolute Gasteiger partial charge is 0.462 e. The zero-order valence-corrected chi connectivity index (χ0v) is 8.90. The highest BCUT2D eigenvalue weighted by Crippen LogP contribution is 2.04. The third-order valence-corrected chi connectivity index (χ3v) is 1.83. The molecule has 0 unspecified atom stereocenters. The first-order valence-corrected chi connectivity index (χ1v) is 4.72. The van der Waals surface area contributed by atoms with Crippen molar-refractivity contribution in [1.29, 1.82) is 0 Å². The van der Waals surface area contributed by atoms with Gasteiger partial charge in [-0.1, -0.05) is 20.1 Å². The number of esters is 2. The fourth-order valence-electron chi connectivity index (χ4n) is 0.802. The molecule has 4 heteroatoms. The fourth-order valence-corrected chi connectivity index (χ4v) is 0.802. The van der Waals surface area contributed by atoms with Gasteiger partial charge in [-0.25, -0.2) is 9.59 Å². The maximum Gasteiger partial charge on any atom is 0.330 e. The predicted molar refractivity (Wildman–Crippen MR) is 56.1 cm³/mol. The van der Waals surface area contributed by atoms with Crippen LogP contribution in [0.3, 0.4) is 0 Å². The first kappa shape index (κ1) is 13.4. The van der Waals surface area contributed by atoms with Gasteiger partial charge in [0.25, 0.3) is 0 Å². The molecule has 84 valence electrons. The number of ether oxygens (including phenoxy) is 2. The number of carbonyl (C=O) groups is 2. The summed E-state index contributed by atoms with van der Waals surface area (Å²) in [6.45, 7) is 8.94. The average Bonchev–Trinajstić information content (AvgIpc) is 2.28. The van der Waals surface area contributed by atoms with Crippen molar-refractivity contribution < 1.29 is 19.1 Å². The number of rotatable bonds is 7. The molecule has 0 fully saturated rings. The van der Waals surface area contributed by atoms with Gasteiger partial charge in [0.2, 0.25) is 0 Å². The summed E-state index contributed by atoms with van der Waals surface area (Å²) in [6.07, 6.45) is 2.96. The van der Waals surface area contributed by atoms with Gasteiger partial charge in [0, 0.05) is 18.1 Å². The van der Waals surface area contributed by atoms with E-state index in [1.807, 2.05) is 6.92 Å². The van der Waals surface area contributed by atoms with E-state index in [-0.39, 0.29) is 19.1 Å². The Balaban J connectivity index is 3.82. The number of hydrogen-bond acceptors (Lipinski definition) is 4. The molecule has 0 saturated heterocycles. The standard InChI is InChI=1S/C11H16O4/c1-4-9(7-14-10(12)5-2)8-15-11(13)6-3/h5-6,9H,2-4,7-8H2,1H3.